The summed E-state index contributed by atoms with van der Waals surface area (Å²) in [7, 11) is 0. The van der Waals surface area contributed by atoms with Gasteiger partial charge in [0.25, 0.3) is 0 Å². The number of nitrogens with zero attached hydrogens (tertiary/aromatic N) is 1. The number of carbonyl (C=O) groups is 1. The van der Waals surface area contributed by atoms with Crippen molar-refractivity contribution in [3.8, 4) is 5.75 Å². The highest BCUT2D eigenvalue weighted by molar-refractivity contribution is 6.18. The molecule has 1 aromatic carbocycles. The van der Waals surface area contributed by atoms with Gasteiger partial charge in [0.2, 0.25) is 6.29 Å². The van der Waals surface area contributed by atoms with Crippen molar-refractivity contribution in [2.45, 2.75) is 30.7 Å². The van der Waals surface area contributed by atoms with E-state index in [4.69, 9.17) is 37.8 Å². The van der Waals surface area contributed by atoms with E-state index in [0.717, 1.165) is 0 Å². The molecule has 1 heterocycles. The number of hydrogen-bond donors (Lipinski definition) is 4. The van der Waals surface area contributed by atoms with Gasteiger partial charge in [-0.15, -0.1) is 23.2 Å². The predicted octanol–water partition coefficient (Wildman–Crippen LogP) is 0.381. The molecule has 0 saturated carbocycles. The molecule has 1 aliphatic heterocycles. The van der Waals surface area contributed by atoms with Crippen molar-refractivity contribution in [3.63, 3.8) is 0 Å². The Labute approximate surface area is 164 Å². The first kappa shape index (κ1) is 21.9. The molecule has 5 atom stereocenters. The SMILES string of the molecule is O=C(O)[C@H]1O[C@@H](Oc2ccc(N(CCCl)CCCl)cc2F)[C@H](O)[C@@H](O)[C@@H]1O. The fraction of sp³-hybridized carbons (Fsp3) is 0.562. The second-order valence-electron chi connectivity index (χ2n) is 5.83. The lowest BCUT2D eigenvalue weighted by molar-refractivity contribution is -0.271. The molecule has 0 radical (unpaired) electrons. The minimum atomic E-state index is -1.86. The van der Waals surface area contributed by atoms with Crippen LogP contribution in [0.1, 0.15) is 0 Å². The molecule has 1 fully saturated rings. The topological polar surface area (TPSA) is 120 Å². The van der Waals surface area contributed by atoms with Gasteiger partial charge in [-0.2, -0.15) is 0 Å². The lowest BCUT2D eigenvalue weighted by Crippen LogP contribution is -2.61. The number of anilines is 1. The summed E-state index contributed by atoms with van der Waals surface area (Å²) >= 11 is 11.4. The van der Waals surface area contributed by atoms with Crippen LogP contribution in [0, 0.1) is 5.82 Å². The monoisotopic (exact) mass is 427 g/mol. The first-order valence-corrected chi connectivity index (χ1v) is 9.12. The second-order valence-corrected chi connectivity index (χ2v) is 6.59. The number of carboxylic acids is 1. The zero-order valence-electron chi connectivity index (χ0n) is 14.0. The Morgan fingerprint density at radius 1 is 1.15 bits per heavy atom. The highest BCUT2D eigenvalue weighted by Crippen LogP contribution is 2.28. The van der Waals surface area contributed by atoms with Gasteiger partial charge in [-0.1, -0.05) is 0 Å². The molecule has 1 aromatic rings. The molecule has 0 aromatic heterocycles. The van der Waals surface area contributed by atoms with E-state index in [2.05, 4.69) is 0 Å². The van der Waals surface area contributed by atoms with Crippen molar-refractivity contribution in [3.05, 3.63) is 24.0 Å². The zero-order valence-corrected chi connectivity index (χ0v) is 15.6. The average Bonchev–Trinajstić information content (AvgIpc) is 2.63. The normalized spacial score (nSPS) is 28.0. The van der Waals surface area contributed by atoms with E-state index in [1.54, 1.807) is 4.90 Å². The Morgan fingerprint density at radius 2 is 1.78 bits per heavy atom. The number of aliphatic hydroxyl groups excluding tert-OH is 3. The van der Waals surface area contributed by atoms with Crippen molar-refractivity contribution in [2.24, 2.45) is 0 Å². The van der Waals surface area contributed by atoms with Gasteiger partial charge in [-0.25, -0.2) is 9.18 Å². The van der Waals surface area contributed by atoms with Gasteiger partial charge in [0.1, 0.15) is 18.3 Å². The summed E-state index contributed by atoms with van der Waals surface area (Å²) in [6.45, 7) is 0.894. The van der Waals surface area contributed by atoms with Crippen molar-refractivity contribution in [2.75, 3.05) is 29.7 Å². The standard InChI is InChI=1S/C16H20Cl2FNO7/c17-3-5-20(6-4-18)8-1-2-10(9(19)7-8)26-16-13(23)11(21)12(22)14(27-16)15(24)25/h1-2,7,11-14,16,21-23H,3-6H2,(H,24,25)/t11-,12-,13+,14-,16+/m0/s1. The number of aliphatic carboxylic acids is 1. The summed E-state index contributed by atoms with van der Waals surface area (Å²) in [4.78, 5) is 12.9. The largest absolute Gasteiger partial charge is 0.479 e. The van der Waals surface area contributed by atoms with E-state index < -0.39 is 42.5 Å². The van der Waals surface area contributed by atoms with Crippen LogP contribution in [0.3, 0.4) is 0 Å². The van der Waals surface area contributed by atoms with Gasteiger partial charge < -0.3 is 34.8 Å². The van der Waals surface area contributed by atoms with Gasteiger partial charge in [0.15, 0.2) is 17.7 Å². The van der Waals surface area contributed by atoms with Crippen molar-refractivity contribution in [1.29, 1.82) is 0 Å². The number of halogens is 3. The van der Waals surface area contributed by atoms with Crippen LogP contribution >= 0.6 is 23.2 Å². The summed E-state index contributed by atoms with van der Waals surface area (Å²) < 4.78 is 24.6. The highest BCUT2D eigenvalue weighted by atomic mass is 35.5. The first-order chi connectivity index (χ1) is 12.8. The fourth-order valence-corrected chi connectivity index (χ4v) is 3.04. The third kappa shape index (κ3) is 5.13. The quantitative estimate of drug-likeness (QED) is 0.439. The van der Waals surface area contributed by atoms with E-state index in [1.807, 2.05) is 0 Å². The van der Waals surface area contributed by atoms with Gasteiger partial charge >= 0.3 is 5.97 Å². The first-order valence-electron chi connectivity index (χ1n) is 8.05. The predicted molar refractivity (Wildman–Crippen MR) is 95.0 cm³/mol. The van der Waals surface area contributed by atoms with Crippen molar-refractivity contribution in [1.82, 2.24) is 0 Å². The summed E-state index contributed by atoms with van der Waals surface area (Å²) in [5, 5.41) is 38.4. The average molecular weight is 428 g/mol. The van der Waals surface area contributed by atoms with Gasteiger partial charge in [-0.05, 0) is 12.1 Å². The Balaban J connectivity index is 2.17. The molecule has 0 spiro atoms. The lowest BCUT2D eigenvalue weighted by Gasteiger charge is -2.38. The molecule has 0 amide bonds. The number of carboxylic acid groups (broad SMARTS) is 1. The molecule has 0 bridgehead atoms. The summed E-state index contributed by atoms with van der Waals surface area (Å²) in [6.07, 6.45) is -9.00. The number of aliphatic hydroxyl groups is 3. The number of hydrogen-bond acceptors (Lipinski definition) is 7. The van der Waals surface area contributed by atoms with E-state index in [9.17, 15) is 24.5 Å². The number of alkyl halides is 2. The summed E-state index contributed by atoms with van der Waals surface area (Å²) in [5.41, 5.74) is 0.505. The molecule has 27 heavy (non-hydrogen) atoms. The van der Waals surface area contributed by atoms with Crippen LogP contribution in [-0.4, -0.2) is 82.0 Å². The number of ether oxygens (including phenoxy) is 2. The molecule has 2 rings (SSSR count). The molecule has 0 aliphatic carbocycles. The third-order valence-corrected chi connectivity index (χ3v) is 4.38. The van der Waals surface area contributed by atoms with Crippen LogP contribution in [0.25, 0.3) is 0 Å². The molecule has 11 heteroatoms. The molecular formula is C16H20Cl2FNO7. The van der Waals surface area contributed by atoms with Crippen LogP contribution in [0.5, 0.6) is 5.75 Å². The maximum atomic E-state index is 14.4. The maximum absolute atomic E-state index is 14.4. The molecule has 152 valence electrons. The molecule has 1 aliphatic rings. The Bertz CT molecular complexity index is 647. The molecule has 8 nitrogen and oxygen atoms in total. The zero-order chi connectivity index (χ0) is 20.1. The summed E-state index contributed by atoms with van der Waals surface area (Å²) in [5.74, 6) is -2.06. The van der Waals surface area contributed by atoms with Crippen LogP contribution in [0.15, 0.2) is 18.2 Å². The van der Waals surface area contributed by atoms with Crippen LogP contribution in [0.4, 0.5) is 10.1 Å². The van der Waals surface area contributed by atoms with E-state index in [-0.39, 0.29) is 5.75 Å². The maximum Gasteiger partial charge on any atom is 0.335 e. The molecule has 0 unspecified atom stereocenters. The van der Waals surface area contributed by atoms with Crippen LogP contribution in [-0.2, 0) is 9.53 Å². The van der Waals surface area contributed by atoms with Gasteiger partial charge in [0, 0.05) is 36.6 Å². The number of rotatable bonds is 8. The van der Waals surface area contributed by atoms with Gasteiger partial charge in [-0.3, -0.25) is 0 Å². The highest BCUT2D eigenvalue weighted by Gasteiger charge is 2.48. The minimum absolute atomic E-state index is 0.315. The Hall–Kier alpha value is -1.36. The van der Waals surface area contributed by atoms with Gasteiger partial charge in [0.05, 0.1) is 0 Å². The van der Waals surface area contributed by atoms with Crippen molar-refractivity contribution >= 4 is 34.9 Å². The second kappa shape index (κ2) is 9.72. The Morgan fingerprint density at radius 3 is 2.30 bits per heavy atom. The number of benzene rings is 1. The van der Waals surface area contributed by atoms with E-state index in [1.165, 1.54) is 18.2 Å². The molecule has 1 saturated heterocycles. The molecular weight excluding hydrogens is 408 g/mol. The lowest BCUT2D eigenvalue weighted by atomic mass is 9.99. The smallest absolute Gasteiger partial charge is 0.335 e. The van der Waals surface area contributed by atoms with E-state index in [0.29, 0.717) is 30.5 Å². The minimum Gasteiger partial charge on any atom is -0.479 e. The summed E-state index contributed by atoms with van der Waals surface area (Å²) in [6, 6.07) is 3.97. The van der Waals surface area contributed by atoms with Crippen LogP contribution < -0.4 is 9.64 Å². The molecule has 4 N–H and O–H groups in total. The van der Waals surface area contributed by atoms with Crippen LogP contribution in [0.2, 0.25) is 0 Å². The third-order valence-electron chi connectivity index (χ3n) is 4.05. The fourth-order valence-electron chi connectivity index (χ4n) is 2.63. The van der Waals surface area contributed by atoms with E-state index >= 15 is 0 Å². The Kier molecular flexibility index (Phi) is 7.90. The van der Waals surface area contributed by atoms with Crippen molar-refractivity contribution < 1.29 is 39.1 Å².